The second-order valence-corrected chi connectivity index (χ2v) is 7.00. The molecule has 0 spiro atoms. The largest absolute Gasteiger partial charge is 0.459 e. The van der Waals surface area contributed by atoms with E-state index in [0.717, 1.165) is 29.7 Å². The maximum absolute atomic E-state index is 12.7. The number of anilines is 1. The number of piperidine rings is 1. The van der Waals surface area contributed by atoms with Gasteiger partial charge in [-0.3, -0.25) is 9.59 Å². The van der Waals surface area contributed by atoms with Crippen LogP contribution >= 0.6 is 0 Å². The van der Waals surface area contributed by atoms with Crippen LogP contribution in [0.15, 0.2) is 77.4 Å². The van der Waals surface area contributed by atoms with Gasteiger partial charge in [0.25, 0.3) is 5.91 Å². The highest BCUT2D eigenvalue weighted by molar-refractivity contribution is 5.95. The van der Waals surface area contributed by atoms with Crippen molar-refractivity contribution in [1.29, 1.82) is 0 Å². The molecule has 1 aliphatic heterocycles. The summed E-state index contributed by atoms with van der Waals surface area (Å²) in [6.45, 7) is 1.06. The van der Waals surface area contributed by atoms with E-state index in [9.17, 15) is 9.59 Å². The molecule has 1 saturated heterocycles. The number of nitrogens with zero attached hydrogens (tertiary/aromatic N) is 1. The average molecular weight is 374 g/mol. The Balaban J connectivity index is 1.38. The minimum Gasteiger partial charge on any atom is -0.459 e. The van der Waals surface area contributed by atoms with E-state index in [1.54, 1.807) is 17.0 Å². The van der Waals surface area contributed by atoms with Gasteiger partial charge in [0.2, 0.25) is 5.91 Å². The molecular formula is C23H22N2O3. The maximum Gasteiger partial charge on any atom is 0.289 e. The van der Waals surface area contributed by atoms with Crippen molar-refractivity contribution in [3.63, 3.8) is 0 Å². The molecule has 1 atom stereocenters. The third-order valence-corrected chi connectivity index (χ3v) is 5.07. The molecule has 1 aromatic heterocycles. The van der Waals surface area contributed by atoms with Crippen molar-refractivity contribution in [2.24, 2.45) is 5.92 Å². The molecule has 142 valence electrons. The van der Waals surface area contributed by atoms with Crippen molar-refractivity contribution >= 4 is 17.5 Å². The number of nitrogens with one attached hydrogen (secondary N) is 1. The number of furan rings is 1. The highest BCUT2D eigenvalue weighted by Gasteiger charge is 2.29. The number of rotatable bonds is 4. The van der Waals surface area contributed by atoms with Gasteiger partial charge in [-0.25, -0.2) is 0 Å². The predicted molar refractivity (Wildman–Crippen MR) is 108 cm³/mol. The fraction of sp³-hybridized carbons (Fsp3) is 0.217. The molecule has 0 aliphatic carbocycles. The van der Waals surface area contributed by atoms with E-state index in [1.807, 2.05) is 42.5 Å². The lowest BCUT2D eigenvalue weighted by Crippen LogP contribution is -2.43. The number of amides is 2. The van der Waals surface area contributed by atoms with Crippen LogP contribution in [0, 0.1) is 5.92 Å². The number of hydrogen-bond acceptors (Lipinski definition) is 3. The lowest BCUT2D eigenvalue weighted by Gasteiger charge is -2.31. The second-order valence-electron chi connectivity index (χ2n) is 7.00. The highest BCUT2D eigenvalue weighted by atomic mass is 16.3. The Labute approximate surface area is 164 Å². The molecule has 4 rings (SSSR count). The van der Waals surface area contributed by atoms with Crippen LogP contribution < -0.4 is 5.32 Å². The van der Waals surface area contributed by atoms with Crippen LogP contribution in [0.25, 0.3) is 11.1 Å². The van der Waals surface area contributed by atoms with E-state index in [2.05, 4.69) is 17.4 Å². The summed E-state index contributed by atoms with van der Waals surface area (Å²) >= 11 is 0. The van der Waals surface area contributed by atoms with E-state index >= 15 is 0 Å². The molecule has 28 heavy (non-hydrogen) atoms. The summed E-state index contributed by atoms with van der Waals surface area (Å²) in [5.41, 5.74) is 3.00. The van der Waals surface area contributed by atoms with Crippen molar-refractivity contribution in [3.05, 3.63) is 78.8 Å². The molecule has 1 N–H and O–H groups in total. The minimum absolute atomic E-state index is 0.0515. The van der Waals surface area contributed by atoms with Gasteiger partial charge in [0.05, 0.1) is 12.2 Å². The van der Waals surface area contributed by atoms with Crippen molar-refractivity contribution in [2.45, 2.75) is 12.8 Å². The molecule has 1 aliphatic rings. The normalized spacial score (nSPS) is 16.6. The topological polar surface area (TPSA) is 62.6 Å². The van der Waals surface area contributed by atoms with E-state index in [4.69, 9.17) is 4.42 Å². The molecule has 5 nitrogen and oxygen atoms in total. The summed E-state index contributed by atoms with van der Waals surface area (Å²) in [7, 11) is 0. The Kier molecular flexibility index (Phi) is 5.24. The van der Waals surface area contributed by atoms with Crippen LogP contribution in [-0.4, -0.2) is 29.8 Å². The monoisotopic (exact) mass is 374 g/mol. The number of carbonyl (C=O) groups is 2. The van der Waals surface area contributed by atoms with Crippen LogP contribution in [0.4, 0.5) is 5.69 Å². The van der Waals surface area contributed by atoms with Crippen molar-refractivity contribution < 1.29 is 14.0 Å². The summed E-state index contributed by atoms with van der Waals surface area (Å²) in [5.74, 6) is -0.113. The van der Waals surface area contributed by atoms with E-state index in [1.165, 1.54) is 6.26 Å². The molecule has 2 amide bonds. The molecule has 0 saturated carbocycles. The van der Waals surface area contributed by atoms with Gasteiger partial charge in [-0.2, -0.15) is 0 Å². The maximum atomic E-state index is 12.7. The smallest absolute Gasteiger partial charge is 0.289 e. The third kappa shape index (κ3) is 3.98. The first-order valence-electron chi connectivity index (χ1n) is 9.50. The summed E-state index contributed by atoms with van der Waals surface area (Å²) in [5, 5.41) is 2.98. The lowest BCUT2D eigenvalue weighted by atomic mass is 9.96. The molecule has 3 aromatic rings. The fourth-order valence-electron chi connectivity index (χ4n) is 3.55. The molecule has 5 heteroatoms. The van der Waals surface area contributed by atoms with Gasteiger partial charge in [0, 0.05) is 18.8 Å². The van der Waals surface area contributed by atoms with E-state index in [0.29, 0.717) is 18.8 Å². The van der Waals surface area contributed by atoms with Gasteiger partial charge in [0.15, 0.2) is 5.76 Å². The zero-order valence-electron chi connectivity index (χ0n) is 15.5. The van der Waals surface area contributed by atoms with Gasteiger partial charge in [0.1, 0.15) is 0 Å². The Hall–Kier alpha value is -3.34. The zero-order valence-corrected chi connectivity index (χ0v) is 15.5. The molecular weight excluding hydrogens is 352 g/mol. The molecule has 1 fully saturated rings. The summed E-state index contributed by atoms with van der Waals surface area (Å²) in [6.07, 6.45) is 3.06. The SMILES string of the molecule is O=C(Nc1ccc(-c2ccccc2)cc1)C1CCCN(C(=O)c2ccco2)C1. The Morgan fingerprint density at radius 1 is 0.929 bits per heavy atom. The molecule has 0 radical (unpaired) electrons. The highest BCUT2D eigenvalue weighted by Crippen LogP contribution is 2.23. The average Bonchev–Trinajstić information content (AvgIpc) is 3.29. The Bertz CT molecular complexity index is 934. The van der Waals surface area contributed by atoms with Crippen LogP contribution in [0.3, 0.4) is 0 Å². The number of hydrogen-bond donors (Lipinski definition) is 1. The summed E-state index contributed by atoms with van der Waals surface area (Å²) in [6, 6.07) is 21.3. The van der Waals surface area contributed by atoms with Crippen LogP contribution in [0.5, 0.6) is 0 Å². The first kappa shape index (κ1) is 18.0. The zero-order chi connectivity index (χ0) is 19.3. The second kappa shape index (κ2) is 8.13. The van der Waals surface area contributed by atoms with Gasteiger partial charge < -0.3 is 14.6 Å². The van der Waals surface area contributed by atoms with Gasteiger partial charge in [-0.05, 0) is 48.2 Å². The third-order valence-electron chi connectivity index (χ3n) is 5.07. The van der Waals surface area contributed by atoms with Crippen LogP contribution in [0.1, 0.15) is 23.4 Å². The Morgan fingerprint density at radius 3 is 2.39 bits per heavy atom. The molecule has 1 unspecified atom stereocenters. The van der Waals surface area contributed by atoms with E-state index in [-0.39, 0.29) is 17.7 Å². The standard InChI is InChI=1S/C23H22N2O3/c26-22(19-8-4-14-25(16-19)23(27)21-9-5-15-28-21)24-20-12-10-18(11-13-20)17-6-2-1-3-7-17/h1-3,5-7,9-13,15,19H,4,8,14,16H2,(H,24,26). The van der Waals surface area contributed by atoms with Crippen molar-refractivity contribution in [3.8, 4) is 11.1 Å². The van der Waals surface area contributed by atoms with Crippen LogP contribution in [0.2, 0.25) is 0 Å². The first-order valence-corrected chi connectivity index (χ1v) is 9.50. The summed E-state index contributed by atoms with van der Waals surface area (Å²) in [4.78, 5) is 26.9. The van der Waals surface area contributed by atoms with Gasteiger partial charge >= 0.3 is 0 Å². The molecule has 2 aromatic carbocycles. The van der Waals surface area contributed by atoms with Gasteiger partial charge in [-0.15, -0.1) is 0 Å². The molecule has 0 bridgehead atoms. The number of carbonyl (C=O) groups excluding carboxylic acids is 2. The summed E-state index contributed by atoms with van der Waals surface area (Å²) < 4.78 is 5.20. The van der Waals surface area contributed by atoms with Crippen LogP contribution in [-0.2, 0) is 4.79 Å². The van der Waals surface area contributed by atoms with Crippen molar-refractivity contribution in [2.75, 3.05) is 18.4 Å². The van der Waals surface area contributed by atoms with Gasteiger partial charge in [-0.1, -0.05) is 42.5 Å². The van der Waals surface area contributed by atoms with Crippen molar-refractivity contribution in [1.82, 2.24) is 4.90 Å². The number of benzene rings is 2. The first-order chi connectivity index (χ1) is 13.7. The minimum atomic E-state index is -0.221. The fourth-order valence-corrected chi connectivity index (χ4v) is 3.55. The number of likely N-dealkylation sites (tertiary alicyclic amines) is 1. The van der Waals surface area contributed by atoms with E-state index < -0.39 is 0 Å². The quantitative estimate of drug-likeness (QED) is 0.734. The lowest BCUT2D eigenvalue weighted by molar-refractivity contribution is -0.121. The Morgan fingerprint density at radius 2 is 1.68 bits per heavy atom. The predicted octanol–water partition coefficient (Wildman–Crippen LogP) is 4.44. The molecule has 2 heterocycles.